The third-order valence-corrected chi connectivity index (χ3v) is 4.46. The fraction of sp³-hybridized carbons (Fsp3) is 0.412. The molecule has 2 heterocycles. The van der Waals surface area contributed by atoms with Crippen LogP contribution in [0.3, 0.4) is 0 Å². The maximum absolute atomic E-state index is 12.6. The van der Waals surface area contributed by atoms with Crippen LogP contribution in [-0.2, 0) is 4.74 Å². The van der Waals surface area contributed by atoms with Gasteiger partial charge in [0, 0.05) is 6.61 Å². The van der Waals surface area contributed by atoms with Crippen molar-refractivity contribution >= 4 is 17.5 Å². The van der Waals surface area contributed by atoms with Crippen molar-refractivity contribution in [1.82, 2.24) is 15.1 Å². The van der Waals surface area contributed by atoms with E-state index in [-0.39, 0.29) is 18.1 Å². The second-order valence-corrected chi connectivity index (χ2v) is 6.17. The smallest absolute Gasteiger partial charge is 0.256 e. The number of aryl methyl sites for hydroxylation is 1. The maximum Gasteiger partial charge on any atom is 0.256 e. The molecular weight excluding hydrogens is 314 g/mol. The molecule has 122 valence electrons. The van der Waals surface area contributed by atoms with Crippen LogP contribution in [0.5, 0.6) is 0 Å². The first-order valence-corrected chi connectivity index (χ1v) is 8.18. The van der Waals surface area contributed by atoms with E-state index in [0.29, 0.717) is 16.4 Å². The highest BCUT2D eigenvalue weighted by atomic mass is 35.5. The van der Waals surface area contributed by atoms with Crippen LogP contribution >= 0.6 is 11.6 Å². The quantitative estimate of drug-likeness (QED) is 0.935. The largest absolute Gasteiger partial charge is 0.376 e. The van der Waals surface area contributed by atoms with E-state index < -0.39 is 0 Å². The van der Waals surface area contributed by atoms with Gasteiger partial charge in [-0.15, -0.1) is 0 Å². The van der Waals surface area contributed by atoms with Crippen LogP contribution < -0.4 is 5.32 Å². The first kappa shape index (κ1) is 16.0. The van der Waals surface area contributed by atoms with Crippen molar-refractivity contribution in [1.29, 1.82) is 0 Å². The van der Waals surface area contributed by atoms with Gasteiger partial charge in [0.1, 0.15) is 5.15 Å². The molecule has 2 atom stereocenters. The van der Waals surface area contributed by atoms with Crippen molar-refractivity contribution in [2.75, 3.05) is 6.61 Å². The molecule has 2 aromatic rings. The van der Waals surface area contributed by atoms with Gasteiger partial charge in [-0.25, -0.2) is 4.68 Å². The Morgan fingerprint density at radius 2 is 2.17 bits per heavy atom. The molecule has 1 aliphatic rings. The second kappa shape index (κ2) is 6.72. The van der Waals surface area contributed by atoms with E-state index in [0.717, 1.165) is 25.1 Å². The van der Waals surface area contributed by atoms with Gasteiger partial charge in [-0.1, -0.05) is 29.8 Å². The van der Waals surface area contributed by atoms with Gasteiger partial charge in [0.2, 0.25) is 0 Å². The Morgan fingerprint density at radius 1 is 1.43 bits per heavy atom. The molecule has 0 bridgehead atoms. The number of nitrogens with one attached hydrogen (secondary N) is 1. The molecule has 0 saturated carbocycles. The minimum Gasteiger partial charge on any atom is -0.376 e. The maximum atomic E-state index is 12.6. The Labute approximate surface area is 140 Å². The molecule has 1 aliphatic heterocycles. The molecule has 0 radical (unpaired) electrons. The summed E-state index contributed by atoms with van der Waals surface area (Å²) in [5, 5.41) is 7.71. The summed E-state index contributed by atoms with van der Waals surface area (Å²) in [6.45, 7) is 4.51. The molecule has 23 heavy (non-hydrogen) atoms. The van der Waals surface area contributed by atoms with Crippen LogP contribution in [0.15, 0.2) is 30.3 Å². The molecule has 1 N–H and O–H groups in total. The predicted molar refractivity (Wildman–Crippen MR) is 89.2 cm³/mol. The van der Waals surface area contributed by atoms with Crippen molar-refractivity contribution in [3.8, 4) is 5.69 Å². The SMILES string of the molecule is Cc1nn(-c2ccccc2)c(Cl)c1C(=O)NC(C)C1CCCO1. The number of amides is 1. The number of carbonyl (C=O) groups is 1. The van der Waals surface area contributed by atoms with Crippen molar-refractivity contribution in [2.45, 2.75) is 38.8 Å². The third-order valence-electron chi connectivity index (χ3n) is 4.11. The lowest BCUT2D eigenvalue weighted by atomic mass is 10.1. The summed E-state index contributed by atoms with van der Waals surface area (Å²) in [6.07, 6.45) is 2.08. The van der Waals surface area contributed by atoms with Gasteiger partial charge in [-0.2, -0.15) is 5.10 Å². The summed E-state index contributed by atoms with van der Waals surface area (Å²) < 4.78 is 7.20. The molecule has 6 heteroatoms. The highest BCUT2D eigenvalue weighted by Crippen LogP contribution is 2.24. The molecule has 3 rings (SSSR count). The lowest BCUT2D eigenvalue weighted by Gasteiger charge is -2.19. The van der Waals surface area contributed by atoms with Gasteiger partial charge in [0.25, 0.3) is 5.91 Å². The number of nitrogens with zero attached hydrogens (tertiary/aromatic N) is 2. The standard InChI is InChI=1S/C17H20ClN3O2/c1-11(14-9-6-10-23-14)19-17(22)15-12(2)20-21(16(15)18)13-7-4-3-5-8-13/h3-5,7-8,11,14H,6,9-10H2,1-2H3,(H,19,22). The van der Waals surface area contributed by atoms with Crippen LogP contribution in [0.4, 0.5) is 0 Å². The first-order chi connectivity index (χ1) is 11.1. The molecule has 0 aliphatic carbocycles. The molecular formula is C17H20ClN3O2. The summed E-state index contributed by atoms with van der Waals surface area (Å²) >= 11 is 6.41. The van der Waals surface area contributed by atoms with E-state index in [1.807, 2.05) is 37.3 Å². The summed E-state index contributed by atoms with van der Waals surface area (Å²) in [5.41, 5.74) is 1.85. The summed E-state index contributed by atoms with van der Waals surface area (Å²) in [7, 11) is 0. The normalized spacial score (nSPS) is 18.8. The number of benzene rings is 1. The number of aromatic nitrogens is 2. The number of ether oxygens (including phenoxy) is 1. The Morgan fingerprint density at radius 3 is 2.83 bits per heavy atom. The Hall–Kier alpha value is -1.85. The van der Waals surface area contributed by atoms with Crippen LogP contribution in [0.1, 0.15) is 35.8 Å². The predicted octanol–water partition coefficient (Wildman–Crippen LogP) is 3.13. The molecule has 1 fully saturated rings. The van der Waals surface area contributed by atoms with E-state index in [9.17, 15) is 4.79 Å². The van der Waals surface area contributed by atoms with E-state index in [1.54, 1.807) is 11.6 Å². The minimum absolute atomic E-state index is 0.0551. The number of rotatable bonds is 4. The van der Waals surface area contributed by atoms with E-state index >= 15 is 0 Å². The molecule has 1 aromatic carbocycles. The summed E-state index contributed by atoms with van der Waals surface area (Å²) in [6, 6.07) is 9.47. The molecule has 2 unspecified atom stereocenters. The highest BCUT2D eigenvalue weighted by Gasteiger charge is 2.27. The topological polar surface area (TPSA) is 56.2 Å². The second-order valence-electron chi connectivity index (χ2n) is 5.81. The summed E-state index contributed by atoms with van der Waals surface area (Å²) in [4.78, 5) is 12.6. The number of halogens is 1. The third kappa shape index (κ3) is 3.26. The van der Waals surface area contributed by atoms with Crippen LogP contribution in [0.2, 0.25) is 5.15 Å². The Balaban J connectivity index is 1.82. The van der Waals surface area contributed by atoms with Crippen LogP contribution in [0, 0.1) is 6.92 Å². The number of para-hydroxylation sites is 1. The monoisotopic (exact) mass is 333 g/mol. The Bertz CT molecular complexity index is 693. The zero-order valence-corrected chi connectivity index (χ0v) is 14.0. The number of hydrogen-bond donors (Lipinski definition) is 1. The molecule has 5 nitrogen and oxygen atoms in total. The Kier molecular flexibility index (Phi) is 4.68. The summed E-state index contributed by atoms with van der Waals surface area (Å²) in [5.74, 6) is -0.210. The molecule has 1 aromatic heterocycles. The molecule has 1 saturated heterocycles. The van der Waals surface area contributed by atoms with Crippen molar-refractivity contribution in [3.63, 3.8) is 0 Å². The number of hydrogen-bond acceptors (Lipinski definition) is 3. The van der Waals surface area contributed by atoms with Gasteiger partial charge in [0.05, 0.1) is 29.1 Å². The fourth-order valence-corrected chi connectivity index (χ4v) is 3.22. The minimum atomic E-state index is -0.210. The van der Waals surface area contributed by atoms with Gasteiger partial charge in [0.15, 0.2) is 0 Å². The first-order valence-electron chi connectivity index (χ1n) is 7.81. The van der Waals surface area contributed by atoms with Crippen LogP contribution in [0.25, 0.3) is 5.69 Å². The van der Waals surface area contributed by atoms with Gasteiger partial charge >= 0.3 is 0 Å². The van der Waals surface area contributed by atoms with Crippen LogP contribution in [-0.4, -0.2) is 34.4 Å². The molecule has 1 amide bonds. The number of carbonyl (C=O) groups excluding carboxylic acids is 1. The van der Waals surface area contributed by atoms with Crippen molar-refractivity contribution in [3.05, 3.63) is 46.7 Å². The zero-order valence-electron chi connectivity index (χ0n) is 13.3. The fourth-order valence-electron chi connectivity index (χ4n) is 2.87. The van der Waals surface area contributed by atoms with Gasteiger partial charge < -0.3 is 10.1 Å². The van der Waals surface area contributed by atoms with E-state index in [1.165, 1.54) is 0 Å². The zero-order chi connectivity index (χ0) is 16.4. The highest BCUT2D eigenvalue weighted by molar-refractivity contribution is 6.33. The van der Waals surface area contributed by atoms with Crippen molar-refractivity contribution < 1.29 is 9.53 Å². The lowest BCUT2D eigenvalue weighted by Crippen LogP contribution is -2.41. The average molecular weight is 334 g/mol. The van der Waals surface area contributed by atoms with Gasteiger partial charge in [-0.05, 0) is 38.8 Å². The molecule has 0 spiro atoms. The van der Waals surface area contributed by atoms with Crippen molar-refractivity contribution in [2.24, 2.45) is 0 Å². The van der Waals surface area contributed by atoms with Gasteiger partial charge in [-0.3, -0.25) is 4.79 Å². The van der Waals surface area contributed by atoms with E-state index in [4.69, 9.17) is 16.3 Å². The van der Waals surface area contributed by atoms with E-state index in [2.05, 4.69) is 10.4 Å². The lowest BCUT2D eigenvalue weighted by molar-refractivity contribution is 0.0712. The average Bonchev–Trinajstić information content (AvgIpc) is 3.16.